The molecule has 0 radical (unpaired) electrons. The third-order valence-electron chi connectivity index (χ3n) is 2.14. The van der Waals surface area contributed by atoms with Gasteiger partial charge in [0, 0.05) is 12.3 Å². The van der Waals surface area contributed by atoms with Crippen LogP contribution in [0.15, 0.2) is 30.6 Å². The van der Waals surface area contributed by atoms with Crippen molar-refractivity contribution < 1.29 is 23.4 Å². The lowest BCUT2D eigenvalue weighted by molar-refractivity contribution is 0.0695. The first kappa shape index (κ1) is 13.2. The maximum atomic E-state index is 13.6. The van der Waals surface area contributed by atoms with Gasteiger partial charge in [0.15, 0.2) is 17.4 Å². The summed E-state index contributed by atoms with van der Waals surface area (Å²) in [6, 6.07) is 2.65. The van der Waals surface area contributed by atoms with Gasteiger partial charge in [0.1, 0.15) is 5.75 Å². The molecular formula is C12H6ClF2NO3. The summed E-state index contributed by atoms with van der Waals surface area (Å²) >= 11 is 5.65. The number of nitrogens with zero attached hydrogens (tertiary/aromatic N) is 1. The van der Waals surface area contributed by atoms with Crippen molar-refractivity contribution in [3.05, 3.63) is 52.8 Å². The largest absolute Gasteiger partial charge is 0.478 e. The fourth-order valence-electron chi connectivity index (χ4n) is 1.35. The molecular weight excluding hydrogens is 280 g/mol. The van der Waals surface area contributed by atoms with Gasteiger partial charge in [-0.15, -0.1) is 0 Å². The van der Waals surface area contributed by atoms with Gasteiger partial charge >= 0.3 is 5.97 Å². The second-order valence-corrected chi connectivity index (χ2v) is 3.95. The zero-order valence-corrected chi connectivity index (χ0v) is 9.99. The summed E-state index contributed by atoms with van der Waals surface area (Å²) in [7, 11) is 0. The summed E-state index contributed by atoms with van der Waals surface area (Å²) in [5, 5.41) is 8.89. The van der Waals surface area contributed by atoms with E-state index < -0.39 is 28.9 Å². The molecule has 1 N–H and O–H groups in total. The van der Waals surface area contributed by atoms with Crippen LogP contribution in [-0.2, 0) is 0 Å². The van der Waals surface area contributed by atoms with E-state index in [0.29, 0.717) is 12.1 Å². The number of hydrogen-bond donors (Lipinski definition) is 1. The lowest BCUT2D eigenvalue weighted by atomic mass is 10.2. The minimum absolute atomic E-state index is 0.0355. The van der Waals surface area contributed by atoms with Gasteiger partial charge in [-0.25, -0.2) is 13.6 Å². The van der Waals surface area contributed by atoms with Crippen molar-refractivity contribution in [1.29, 1.82) is 0 Å². The van der Waals surface area contributed by atoms with E-state index in [9.17, 15) is 13.6 Å². The molecule has 1 aromatic heterocycles. The molecule has 0 bridgehead atoms. The average molecular weight is 286 g/mol. The molecule has 0 fully saturated rings. The predicted octanol–water partition coefficient (Wildman–Crippen LogP) is 3.50. The van der Waals surface area contributed by atoms with Crippen LogP contribution in [0.3, 0.4) is 0 Å². The van der Waals surface area contributed by atoms with E-state index >= 15 is 0 Å². The molecule has 19 heavy (non-hydrogen) atoms. The van der Waals surface area contributed by atoms with Crippen LogP contribution < -0.4 is 4.74 Å². The number of rotatable bonds is 3. The smallest absolute Gasteiger partial charge is 0.335 e. The maximum Gasteiger partial charge on any atom is 0.335 e. The van der Waals surface area contributed by atoms with Crippen LogP contribution in [0.4, 0.5) is 8.78 Å². The Morgan fingerprint density at radius 1 is 1.21 bits per heavy atom. The minimum atomic E-state index is -1.44. The van der Waals surface area contributed by atoms with E-state index in [1.807, 2.05) is 0 Å². The number of pyridine rings is 1. The number of halogens is 3. The molecule has 2 aromatic rings. The number of carboxylic acids is 1. The lowest BCUT2D eigenvalue weighted by Crippen LogP contribution is -2.01. The van der Waals surface area contributed by atoms with Crippen LogP contribution in [0.5, 0.6) is 11.5 Å². The molecule has 1 aromatic carbocycles. The molecule has 1 heterocycles. The van der Waals surface area contributed by atoms with E-state index in [2.05, 4.69) is 4.98 Å². The Hall–Kier alpha value is -2.21. The normalized spacial score (nSPS) is 10.3. The monoisotopic (exact) mass is 285 g/mol. The number of benzene rings is 1. The van der Waals surface area contributed by atoms with E-state index in [4.69, 9.17) is 21.4 Å². The van der Waals surface area contributed by atoms with Gasteiger partial charge in [-0.05, 0) is 12.1 Å². The third-order valence-corrected chi connectivity index (χ3v) is 2.35. The summed E-state index contributed by atoms with van der Waals surface area (Å²) < 4.78 is 32.1. The quantitative estimate of drug-likeness (QED) is 0.937. The Bertz CT molecular complexity index is 626. The first-order chi connectivity index (χ1) is 8.97. The van der Waals surface area contributed by atoms with E-state index in [0.717, 1.165) is 0 Å². The standard InChI is InChI=1S/C12H6ClF2NO3/c13-7-3-8(5-16-4-7)19-11-9(14)1-6(12(17)18)2-10(11)15/h1-5H,(H,17,18). The Balaban J connectivity index is 2.38. The third kappa shape index (κ3) is 2.97. The molecule has 2 rings (SSSR count). The van der Waals surface area contributed by atoms with Gasteiger partial charge in [-0.2, -0.15) is 0 Å². The Morgan fingerprint density at radius 3 is 2.37 bits per heavy atom. The molecule has 0 atom stereocenters. The number of aromatic carboxylic acids is 1. The molecule has 0 aliphatic heterocycles. The van der Waals surface area contributed by atoms with Crippen LogP contribution in [-0.4, -0.2) is 16.1 Å². The second-order valence-electron chi connectivity index (χ2n) is 3.52. The van der Waals surface area contributed by atoms with Crippen molar-refractivity contribution in [1.82, 2.24) is 4.98 Å². The van der Waals surface area contributed by atoms with Gasteiger partial charge in [-0.1, -0.05) is 11.6 Å². The van der Waals surface area contributed by atoms with Crippen LogP contribution in [0, 0.1) is 11.6 Å². The van der Waals surface area contributed by atoms with E-state index in [-0.39, 0.29) is 10.8 Å². The van der Waals surface area contributed by atoms with Gasteiger partial charge in [0.05, 0.1) is 16.8 Å². The number of ether oxygens (including phenoxy) is 1. The van der Waals surface area contributed by atoms with Crippen molar-refractivity contribution in [2.45, 2.75) is 0 Å². The average Bonchev–Trinajstić information content (AvgIpc) is 2.33. The van der Waals surface area contributed by atoms with Crippen molar-refractivity contribution in [2.24, 2.45) is 0 Å². The zero-order chi connectivity index (χ0) is 14.0. The summed E-state index contributed by atoms with van der Waals surface area (Å²) in [6.07, 6.45) is 2.55. The molecule has 0 amide bonds. The minimum Gasteiger partial charge on any atom is -0.478 e. The van der Waals surface area contributed by atoms with Crippen molar-refractivity contribution in [2.75, 3.05) is 0 Å². The zero-order valence-electron chi connectivity index (χ0n) is 9.23. The molecule has 7 heteroatoms. The van der Waals surface area contributed by atoms with Crippen molar-refractivity contribution in [3.8, 4) is 11.5 Å². The SMILES string of the molecule is O=C(O)c1cc(F)c(Oc2cncc(Cl)c2)c(F)c1. The first-order valence-electron chi connectivity index (χ1n) is 4.98. The number of carbonyl (C=O) groups is 1. The second kappa shape index (κ2) is 5.19. The fourth-order valence-corrected chi connectivity index (χ4v) is 1.51. The van der Waals surface area contributed by atoms with Gasteiger partial charge in [0.2, 0.25) is 0 Å². The molecule has 0 unspecified atom stereocenters. The number of carboxylic acid groups (broad SMARTS) is 1. The highest BCUT2D eigenvalue weighted by atomic mass is 35.5. The first-order valence-corrected chi connectivity index (χ1v) is 5.36. The topological polar surface area (TPSA) is 59.4 Å². The number of hydrogen-bond acceptors (Lipinski definition) is 3. The molecule has 0 saturated heterocycles. The summed E-state index contributed by atoms with van der Waals surface area (Å²) in [4.78, 5) is 14.3. The lowest BCUT2D eigenvalue weighted by Gasteiger charge is -2.08. The molecule has 0 spiro atoms. The fraction of sp³-hybridized carbons (Fsp3) is 0. The molecule has 0 saturated carbocycles. The van der Waals surface area contributed by atoms with Gasteiger partial charge in [0.25, 0.3) is 0 Å². The number of aromatic nitrogens is 1. The van der Waals surface area contributed by atoms with Gasteiger partial charge in [-0.3, -0.25) is 4.98 Å². The molecule has 0 aliphatic carbocycles. The summed E-state index contributed by atoms with van der Waals surface area (Å²) in [5.41, 5.74) is -0.508. The molecule has 4 nitrogen and oxygen atoms in total. The maximum absolute atomic E-state index is 13.6. The summed E-state index contributed by atoms with van der Waals surface area (Å²) in [5.74, 6) is -4.37. The van der Waals surface area contributed by atoms with Crippen LogP contribution in [0.1, 0.15) is 10.4 Å². The van der Waals surface area contributed by atoms with Crippen molar-refractivity contribution in [3.63, 3.8) is 0 Å². The van der Waals surface area contributed by atoms with Gasteiger partial charge < -0.3 is 9.84 Å². The van der Waals surface area contributed by atoms with Crippen LogP contribution in [0.2, 0.25) is 5.02 Å². The highest BCUT2D eigenvalue weighted by Gasteiger charge is 2.16. The summed E-state index contributed by atoms with van der Waals surface area (Å²) in [6.45, 7) is 0. The molecule has 98 valence electrons. The van der Waals surface area contributed by atoms with E-state index in [1.165, 1.54) is 18.5 Å². The Labute approximate surface area is 111 Å². The predicted molar refractivity (Wildman–Crippen MR) is 62.6 cm³/mol. The Kier molecular flexibility index (Phi) is 3.62. The Morgan fingerprint density at radius 2 is 1.84 bits per heavy atom. The van der Waals surface area contributed by atoms with Crippen molar-refractivity contribution >= 4 is 17.6 Å². The van der Waals surface area contributed by atoms with Crippen LogP contribution in [0.25, 0.3) is 0 Å². The molecule has 0 aliphatic rings. The van der Waals surface area contributed by atoms with Crippen LogP contribution >= 0.6 is 11.6 Å². The van der Waals surface area contributed by atoms with E-state index in [1.54, 1.807) is 0 Å². The highest BCUT2D eigenvalue weighted by molar-refractivity contribution is 6.30. The highest BCUT2D eigenvalue weighted by Crippen LogP contribution is 2.29.